The minimum atomic E-state index is -1.16. The predicted octanol–water partition coefficient (Wildman–Crippen LogP) is 3.65. The highest BCUT2D eigenvalue weighted by Crippen LogP contribution is 2.16. The summed E-state index contributed by atoms with van der Waals surface area (Å²) in [7, 11) is 0. The van der Waals surface area contributed by atoms with Gasteiger partial charge in [-0.1, -0.05) is 27.7 Å². The summed E-state index contributed by atoms with van der Waals surface area (Å²) in [6.07, 6.45) is 0. The average Bonchev–Trinajstić information content (AvgIpc) is 2.33. The molecular weight excluding hydrogens is 222 g/mol. The highest BCUT2D eigenvalue weighted by Gasteiger charge is 2.11. The van der Waals surface area contributed by atoms with Crippen LogP contribution in [0.15, 0.2) is 18.2 Å². The first kappa shape index (κ1) is 17.5. The molecule has 0 aromatic heterocycles. The molecule has 0 aliphatic heterocycles. The number of aromatic carboxylic acids is 1. The van der Waals surface area contributed by atoms with Gasteiger partial charge in [-0.05, 0) is 18.6 Å². The molecule has 0 spiro atoms. The molecule has 0 saturated heterocycles. The quantitative estimate of drug-likeness (QED) is 0.633. The number of hydrogen-bond donors (Lipinski definition) is 1. The van der Waals surface area contributed by atoms with Gasteiger partial charge in [0, 0.05) is 12.1 Å². The lowest BCUT2D eigenvalue weighted by Gasteiger charge is -1.97. The monoisotopic (exact) mass is 241 g/mol. The van der Waals surface area contributed by atoms with Gasteiger partial charge in [0.1, 0.15) is 0 Å². The lowest BCUT2D eigenvalue weighted by Crippen LogP contribution is -1.98. The number of carbonyl (C=O) groups is 1. The van der Waals surface area contributed by atoms with Crippen molar-refractivity contribution in [3.8, 4) is 0 Å². The molecule has 0 heterocycles. The van der Waals surface area contributed by atoms with Crippen LogP contribution < -0.4 is 0 Å². The van der Waals surface area contributed by atoms with Crippen LogP contribution in [-0.2, 0) is 0 Å². The first-order valence-electron chi connectivity index (χ1n) is 5.50. The Labute approximate surface area is 101 Å². The zero-order valence-corrected chi connectivity index (χ0v) is 10.9. The van der Waals surface area contributed by atoms with E-state index in [1.54, 1.807) is 6.92 Å². The smallest absolute Gasteiger partial charge is 0.335 e. The van der Waals surface area contributed by atoms with Crippen molar-refractivity contribution >= 4 is 11.7 Å². The number of benzene rings is 1. The van der Waals surface area contributed by atoms with E-state index in [4.69, 9.17) is 5.11 Å². The van der Waals surface area contributed by atoms with E-state index in [1.807, 2.05) is 27.7 Å². The van der Waals surface area contributed by atoms with Crippen molar-refractivity contribution in [3.63, 3.8) is 0 Å². The number of nitrogens with zero attached hydrogens (tertiary/aromatic N) is 1. The molecule has 1 aromatic rings. The van der Waals surface area contributed by atoms with Gasteiger partial charge < -0.3 is 5.11 Å². The summed E-state index contributed by atoms with van der Waals surface area (Å²) in [5.41, 5.74) is 0.302. The highest BCUT2D eigenvalue weighted by atomic mass is 16.6. The lowest BCUT2D eigenvalue weighted by atomic mass is 10.1. The highest BCUT2D eigenvalue weighted by molar-refractivity contribution is 5.88. The number of carboxylic acid groups (broad SMARTS) is 1. The van der Waals surface area contributed by atoms with Gasteiger partial charge in [-0.3, -0.25) is 10.1 Å². The van der Waals surface area contributed by atoms with Crippen LogP contribution >= 0.6 is 0 Å². The van der Waals surface area contributed by atoms with Crippen molar-refractivity contribution in [2.75, 3.05) is 0 Å². The van der Waals surface area contributed by atoms with Crippen LogP contribution in [0, 0.1) is 17.0 Å². The Morgan fingerprint density at radius 2 is 1.65 bits per heavy atom. The number of carboxylic acids is 1. The largest absolute Gasteiger partial charge is 0.478 e. The predicted molar refractivity (Wildman–Crippen MR) is 67.5 cm³/mol. The lowest BCUT2D eigenvalue weighted by molar-refractivity contribution is -0.384. The maximum Gasteiger partial charge on any atom is 0.335 e. The van der Waals surface area contributed by atoms with Gasteiger partial charge >= 0.3 is 5.97 Å². The van der Waals surface area contributed by atoms with E-state index < -0.39 is 10.9 Å². The van der Waals surface area contributed by atoms with Crippen molar-refractivity contribution in [3.05, 3.63) is 39.4 Å². The van der Waals surface area contributed by atoms with E-state index in [-0.39, 0.29) is 11.3 Å². The molecule has 5 nitrogen and oxygen atoms in total. The van der Waals surface area contributed by atoms with Crippen molar-refractivity contribution in [2.45, 2.75) is 34.6 Å². The van der Waals surface area contributed by atoms with Gasteiger partial charge in [-0.25, -0.2) is 4.79 Å². The van der Waals surface area contributed by atoms with E-state index in [2.05, 4.69) is 0 Å². The maximum atomic E-state index is 10.5. The molecule has 0 atom stereocenters. The molecule has 0 saturated carbocycles. The molecule has 1 aromatic carbocycles. The summed E-state index contributed by atoms with van der Waals surface area (Å²) in [4.78, 5) is 20.2. The number of nitro benzene ring substituents is 1. The van der Waals surface area contributed by atoms with Crippen molar-refractivity contribution in [1.29, 1.82) is 0 Å². The summed E-state index contributed by atoms with van der Waals surface area (Å²) in [5.74, 6) is -1.16. The molecule has 0 unspecified atom stereocenters. The Hall–Kier alpha value is -1.91. The van der Waals surface area contributed by atoms with E-state index in [9.17, 15) is 14.9 Å². The number of non-ortho nitro benzene ring substituents is 1. The number of rotatable bonds is 2. The third-order valence-corrected chi connectivity index (χ3v) is 1.52. The number of hydrogen-bond acceptors (Lipinski definition) is 3. The van der Waals surface area contributed by atoms with Crippen LogP contribution in [0.25, 0.3) is 0 Å². The van der Waals surface area contributed by atoms with E-state index in [0.29, 0.717) is 5.56 Å². The average molecular weight is 241 g/mol. The fraction of sp³-hybridized carbons (Fsp3) is 0.417. The van der Waals surface area contributed by atoms with Crippen LogP contribution in [0.3, 0.4) is 0 Å². The summed E-state index contributed by atoms with van der Waals surface area (Å²) in [5, 5.41) is 18.9. The van der Waals surface area contributed by atoms with Crippen LogP contribution in [0.5, 0.6) is 0 Å². The molecule has 0 bridgehead atoms. The fourth-order valence-corrected chi connectivity index (χ4v) is 0.992. The number of aryl methyl sites for hydroxylation is 1. The van der Waals surface area contributed by atoms with Gasteiger partial charge in [0.25, 0.3) is 5.69 Å². The molecule has 1 rings (SSSR count). The molecule has 0 amide bonds. The van der Waals surface area contributed by atoms with Crippen molar-refractivity contribution in [2.24, 2.45) is 0 Å². The van der Waals surface area contributed by atoms with Crippen LogP contribution in [0.2, 0.25) is 0 Å². The zero-order chi connectivity index (χ0) is 14.0. The minimum absolute atomic E-state index is 0.0632. The van der Waals surface area contributed by atoms with E-state index >= 15 is 0 Å². The second-order valence-electron chi connectivity index (χ2n) is 2.62. The summed E-state index contributed by atoms with van der Waals surface area (Å²) >= 11 is 0. The third kappa shape index (κ3) is 6.29. The molecular formula is C12H19NO4. The Kier molecular flexibility index (Phi) is 9.59. The summed E-state index contributed by atoms with van der Waals surface area (Å²) in [6, 6.07) is 3.75. The Balaban J connectivity index is 0. The van der Waals surface area contributed by atoms with Crippen molar-refractivity contribution < 1.29 is 14.8 Å². The zero-order valence-electron chi connectivity index (χ0n) is 10.9. The van der Waals surface area contributed by atoms with Gasteiger partial charge in [0.05, 0.1) is 10.5 Å². The SMILES string of the molecule is CC.CC.Cc1cc(C(=O)O)cc([N+](=O)[O-])c1. The normalized spacial score (nSPS) is 8.06. The second kappa shape index (κ2) is 9.33. The van der Waals surface area contributed by atoms with Gasteiger partial charge in [-0.2, -0.15) is 0 Å². The molecule has 0 aliphatic rings. The first-order valence-corrected chi connectivity index (χ1v) is 5.50. The molecule has 1 N–H and O–H groups in total. The van der Waals surface area contributed by atoms with Crippen LogP contribution in [0.1, 0.15) is 43.6 Å². The fourth-order valence-electron chi connectivity index (χ4n) is 0.992. The Morgan fingerprint density at radius 3 is 2.00 bits per heavy atom. The maximum absolute atomic E-state index is 10.5. The van der Waals surface area contributed by atoms with Crippen LogP contribution in [-0.4, -0.2) is 16.0 Å². The summed E-state index contributed by atoms with van der Waals surface area (Å²) in [6.45, 7) is 9.61. The Morgan fingerprint density at radius 1 is 1.18 bits per heavy atom. The Bertz CT molecular complexity index is 343. The molecule has 0 aliphatic carbocycles. The first-order chi connectivity index (χ1) is 8.00. The van der Waals surface area contributed by atoms with E-state index in [0.717, 1.165) is 6.07 Å². The standard InChI is InChI=1S/C8H7NO4.2C2H6/c1-5-2-6(8(10)11)4-7(3-5)9(12)13;2*1-2/h2-4H,1H3,(H,10,11);2*1-2H3. The van der Waals surface area contributed by atoms with Gasteiger partial charge in [0.2, 0.25) is 0 Å². The summed E-state index contributed by atoms with van der Waals surface area (Å²) < 4.78 is 0. The topological polar surface area (TPSA) is 80.4 Å². The molecule has 17 heavy (non-hydrogen) atoms. The molecule has 5 heteroatoms. The molecule has 96 valence electrons. The third-order valence-electron chi connectivity index (χ3n) is 1.52. The van der Waals surface area contributed by atoms with Gasteiger partial charge in [-0.15, -0.1) is 0 Å². The van der Waals surface area contributed by atoms with Crippen LogP contribution in [0.4, 0.5) is 5.69 Å². The minimum Gasteiger partial charge on any atom is -0.478 e. The second-order valence-corrected chi connectivity index (χ2v) is 2.62. The van der Waals surface area contributed by atoms with Crippen molar-refractivity contribution in [1.82, 2.24) is 0 Å². The van der Waals surface area contributed by atoms with E-state index in [1.165, 1.54) is 12.1 Å². The van der Waals surface area contributed by atoms with Gasteiger partial charge in [0.15, 0.2) is 0 Å². The molecule has 0 fully saturated rings. The number of nitro groups is 1. The molecule has 0 radical (unpaired) electrons.